The number of halogens is 1. The normalized spacial score (nSPS) is 15.7. The van der Waals surface area contributed by atoms with Gasteiger partial charge in [0.1, 0.15) is 11.6 Å². The van der Waals surface area contributed by atoms with Crippen LogP contribution in [0.2, 0.25) is 0 Å². The van der Waals surface area contributed by atoms with Crippen molar-refractivity contribution in [2.24, 2.45) is 5.73 Å². The molecule has 6 N–H and O–H groups in total. The molecule has 134 valence electrons. The van der Waals surface area contributed by atoms with E-state index in [9.17, 15) is 4.39 Å². The number of nitrogens with two attached hydrogens (primary N) is 1. The van der Waals surface area contributed by atoms with E-state index in [1.807, 2.05) is 18.5 Å². The van der Waals surface area contributed by atoms with Gasteiger partial charge in [-0.15, -0.1) is 0 Å². The Morgan fingerprint density at radius 1 is 1.12 bits per heavy atom. The summed E-state index contributed by atoms with van der Waals surface area (Å²) in [4.78, 5) is 6.60. The van der Waals surface area contributed by atoms with Gasteiger partial charge in [0.2, 0.25) is 0 Å². The topological polar surface area (TPSA) is 81.7 Å². The van der Waals surface area contributed by atoms with Crippen LogP contribution in [0, 0.1) is 5.82 Å². The van der Waals surface area contributed by atoms with Gasteiger partial charge in [0, 0.05) is 29.1 Å². The molecule has 6 heteroatoms. The van der Waals surface area contributed by atoms with Crippen LogP contribution in [0.4, 0.5) is 10.2 Å². The van der Waals surface area contributed by atoms with Crippen LogP contribution in [0.3, 0.4) is 0 Å². The van der Waals surface area contributed by atoms with Crippen molar-refractivity contribution in [1.82, 2.24) is 15.3 Å². The number of H-pyrrole nitrogens is 2. The first kappa shape index (κ1) is 16.6. The summed E-state index contributed by atoms with van der Waals surface area (Å²) in [5, 5.41) is 6.90. The molecule has 1 aromatic carbocycles. The van der Waals surface area contributed by atoms with Gasteiger partial charge in [0.25, 0.3) is 0 Å². The van der Waals surface area contributed by atoms with E-state index in [4.69, 9.17) is 5.73 Å². The summed E-state index contributed by atoms with van der Waals surface area (Å²) >= 11 is 0. The molecule has 1 atom stereocenters. The zero-order valence-electron chi connectivity index (χ0n) is 14.4. The van der Waals surface area contributed by atoms with Gasteiger partial charge in [-0.05, 0) is 61.5 Å². The van der Waals surface area contributed by atoms with Crippen molar-refractivity contribution in [3.05, 3.63) is 60.2 Å². The molecule has 3 heterocycles. The van der Waals surface area contributed by atoms with Crippen LogP contribution in [0.15, 0.2) is 48.8 Å². The molecule has 1 unspecified atom stereocenters. The van der Waals surface area contributed by atoms with Gasteiger partial charge in [-0.2, -0.15) is 0 Å². The first-order chi connectivity index (χ1) is 12.8. The SMILES string of the molecule is NCCCNC1C=Cc2c([nH]c(-c3ccc(F)cc3)c2-c2cc[nH]c2)N1. The van der Waals surface area contributed by atoms with Gasteiger partial charge >= 0.3 is 0 Å². The predicted molar refractivity (Wildman–Crippen MR) is 104 cm³/mol. The number of aromatic nitrogens is 2. The summed E-state index contributed by atoms with van der Waals surface area (Å²) < 4.78 is 13.3. The molecule has 0 aliphatic carbocycles. The Bertz CT molecular complexity index is 893. The number of anilines is 1. The molecule has 5 nitrogen and oxygen atoms in total. The molecule has 0 amide bonds. The van der Waals surface area contributed by atoms with Crippen molar-refractivity contribution in [3.8, 4) is 22.4 Å². The van der Waals surface area contributed by atoms with Crippen LogP contribution in [-0.4, -0.2) is 29.2 Å². The number of nitrogens with one attached hydrogen (secondary N) is 4. The van der Waals surface area contributed by atoms with Crippen molar-refractivity contribution < 1.29 is 4.39 Å². The summed E-state index contributed by atoms with van der Waals surface area (Å²) in [6.45, 7) is 1.52. The van der Waals surface area contributed by atoms with Gasteiger partial charge in [-0.1, -0.05) is 6.08 Å². The zero-order valence-corrected chi connectivity index (χ0v) is 14.4. The van der Waals surface area contributed by atoms with Gasteiger partial charge in [0.05, 0.1) is 11.9 Å². The number of benzene rings is 1. The summed E-state index contributed by atoms with van der Waals surface area (Å²) in [6, 6.07) is 8.59. The molecule has 0 saturated carbocycles. The van der Waals surface area contributed by atoms with E-state index >= 15 is 0 Å². The van der Waals surface area contributed by atoms with Crippen LogP contribution >= 0.6 is 0 Å². The minimum absolute atomic E-state index is 0.0489. The van der Waals surface area contributed by atoms with Crippen molar-refractivity contribution in [2.75, 3.05) is 18.4 Å². The van der Waals surface area contributed by atoms with Crippen molar-refractivity contribution in [3.63, 3.8) is 0 Å². The lowest BCUT2D eigenvalue weighted by Gasteiger charge is -2.21. The fraction of sp³-hybridized carbons (Fsp3) is 0.200. The Hall–Kier alpha value is -2.83. The third kappa shape index (κ3) is 3.16. The average Bonchev–Trinajstić information content (AvgIpc) is 3.29. The molecule has 26 heavy (non-hydrogen) atoms. The molecular formula is C20H22FN5. The highest BCUT2D eigenvalue weighted by Gasteiger charge is 2.22. The third-order valence-electron chi connectivity index (χ3n) is 4.56. The number of aromatic amines is 2. The standard InChI is InChI=1S/C20H22FN5/c21-15-4-2-13(3-5-15)19-18(14-8-11-23-12-14)16-6-7-17(24-10-1-9-22)25-20(16)26-19/h2-8,11-12,17,23-26H,1,9-10,22H2. The molecule has 0 bridgehead atoms. The van der Waals surface area contributed by atoms with Crippen molar-refractivity contribution in [1.29, 1.82) is 0 Å². The Morgan fingerprint density at radius 3 is 2.69 bits per heavy atom. The highest BCUT2D eigenvalue weighted by atomic mass is 19.1. The van der Waals surface area contributed by atoms with Gasteiger partial charge < -0.3 is 21.0 Å². The van der Waals surface area contributed by atoms with Crippen LogP contribution in [0.5, 0.6) is 0 Å². The minimum atomic E-state index is -0.240. The number of hydrogen-bond acceptors (Lipinski definition) is 3. The Morgan fingerprint density at radius 2 is 1.96 bits per heavy atom. The van der Waals surface area contributed by atoms with Crippen molar-refractivity contribution in [2.45, 2.75) is 12.6 Å². The Balaban J connectivity index is 1.72. The van der Waals surface area contributed by atoms with Crippen LogP contribution < -0.4 is 16.4 Å². The maximum atomic E-state index is 13.3. The maximum absolute atomic E-state index is 13.3. The van der Waals surface area contributed by atoms with Gasteiger partial charge in [-0.25, -0.2) is 4.39 Å². The quantitative estimate of drug-likeness (QED) is 0.441. The monoisotopic (exact) mass is 351 g/mol. The molecule has 2 aromatic heterocycles. The van der Waals surface area contributed by atoms with Crippen LogP contribution in [0.25, 0.3) is 28.5 Å². The molecule has 4 rings (SSSR count). The molecule has 0 fully saturated rings. The largest absolute Gasteiger partial charge is 0.367 e. The van der Waals surface area contributed by atoms with E-state index < -0.39 is 0 Å². The molecular weight excluding hydrogens is 329 g/mol. The second kappa shape index (κ2) is 7.19. The lowest BCUT2D eigenvalue weighted by Crippen LogP contribution is -2.37. The fourth-order valence-corrected chi connectivity index (χ4v) is 3.28. The van der Waals surface area contributed by atoms with E-state index in [0.717, 1.165) is 46.7 Å². The van der Waals surface area contributed by atoms with Crippen molar-refractivity contribution >= 4 is 11.9 Å². The summed E-state index contributed by atoms with van der Waals surface area (Å²) in [6.07, 6.45) is 9.08. The molecule has 0 saturated heterocycles. The van der Waals surface area contributed by atoms with Crippen LogP contribution in [-0.2, 0) is 0 Å². The second-order valence-electron chi connectivity index (χ2n) is 6.35. The third-order valence-corrected chi connectivity index (χ3v) is 4.56. The zero-order chi connectivity index (χ0) is 17.9. The second-order valence-corrected chi connectivity index (χ2v) is 6.35. The number of rotatable bonds is 6. The van der Waals surface area contributed by atoms with E-state index in [1.165, 1.54) is 12.1 Å². The van der Waals surface area contributed by atoms with E-state index in [0.29, 0.717) is 6.54 Å². The highest BCUT2D eigenvalue weighted by molar-refractivity contribution is 5.94. The fourth-order valence-electron chi connectivity index (χ4n) is 3.28. The Labute approximate surface area is 151 Å². The minimum Gasteiger partial charge on any atom is -0.367 e. The Kier molecular flexibility index (Phi) is 4.60. The smallest absolute Gasteiger partial charge is 0.123 e. The summed E-state index contributed by atoms with van der Waals surface area (Å²) in [7, 11) is 0. The highest BCUT2D eigenvalue weighted by Crippen LogP contribution is 2.41. The lowest BCUT2D eigenvalue weighted by atomic mass is 9.98. The van der Waals surface area contributed by atoms with Gasteiger partial charge in [0.15, 0.2) is 0 Å². The van der Waals surface area contributed by atoms with E-state index in [2.05, 4.69) is 32.8 Å². The van der Waals surface area contributed by atoms with E-state index in [-0.39, 0.29) is 12.0 Å². The molecule has 1 aliphatic rings. The van der Waals surface area contributed by atoms with Gasteiger partial charge in [-0.3, -0.25) is 5.32 Å². The molecule has 1 aliphatic heterocycles. The predicted octanol–water partition coefficient (Wildman–Crippen LogP) is 3.52. The average molecular weight is 351 g/mol. The first-order valence-electron chi connectivity index (χ1n) is 8.79. The summed E-state index contributed by atoms with van der Waals surface area (Å²) in [5.41, 5.74) is 10.7. The number of hydrogen-bond donors (Lipinski definition) is 5. The lowest BCUT2D eigenvalue weighted by molar-refractivity contribution is 0.617. The maximum Gasteiger partial charge on any atom is 0.123 e. The van der Waals surface area contributed by atoms with Crippen LogP contribution in [0.1, 0.15) is 12.0 Å². The number of fused-ring (bicyclic) bond motifs is 1. The molecule has 0 radical (unpaired) electrons. The first-order valence-corrected chi connectivity index (χ1v) is 8.79. The summed E-state index contributed by atoms with van der Waals surface area (Å²) in [5.74, 6) is 0.712. The molecule has 3 aromatic rings. The van der Waals surface area contributed by atoms with E-state index in [1.54, 1.807) is 12.1 Å². The molecule has 0 spiro atoms.